The van der Waals surface area contributed by atoms with E-state index in [0.717, 1.165) is 12.1 Å². The second-order valence-corrected chi connectivity index (χ2v) is 4.09. The van der Waals surface area contributed by atoms with Gasteiger partial charge in [-0.1, -0.05) is 0 Å². The maximum absolute atomic E-state index is 11.8. The van der Waals surface area contributed by atoms with Crippen molar-refractivity contribution in [1.29, 1.82) is 0 Å². The van der Waals surface area contributed by atoms with Gasteiger partial charge in [0, 0.05) is 30.6 Å². The van der Waals surface area contributed by atoms with Crippen LogP contribution in [0.5, 0.6) is 0 Å². The van der Waals surface area contributed by atoms with Crippen LogP contribution in [-0.4, -0.2) is 15.3 Å². The van der Waals surface area contributed by atoms with Gasteiger partial charge in [0.15, 0.2) is 0 Å². The first-order valence-electron chi connectivity index (χ1n) is 5.16. The molecule has 0 bridgehead atoms. The lowest BCUT2D eigenvalue weighted by Crippen LogP contribution is -2.26. The fourth-order valence-corrected chi connectivity index (χ4v) is 2.21. The minimum Gasteiger partial charge on any atom is -0.300 e. The summed E-state index contributed by atoms with van der Waals surface area (Å²) >= 11 is 0. The molecule has 1 aromatic rings. The van der Waals surface area contributed by atoms with Gasteiger partial charge in [0.25, 0.3) is 5.56 Å². The van der Waals surface area contributed by atoms with Gasteiger partial charge in [-0.05, 0) is 20.3 Å². The van der Waals surface area contributed by atoms with Crippen LogP contribution in [0.25, 0.3) is 0 Å². The average Bonchev–Trinajstić information content (AvgIpc) is 2.49. The van der Waals surface area contributed by atoms with E-state index in [1.54, 1.807) is 11.5 Å². The Balaban J connectivity index is 2.44. The lowest BCUT2D eigenvalue weighted by atomic mass is 10.2. The molecule has 1 atom stereocenters. The van der Waals surface area contributed by atoms with Crippen molar-refractivity contribution >= 4 is 5.78 Å². The molecule has 4 heteroatoms. The van der Waals surface area contributed by atoms with Crippen molar-refractivity contribution in [2.75, 3.05) is 0 Å². The summed E-state index contributed by atoms with van der Waals surface area (Å²) in [5.74, 6) is 0.951. The first-order chi connectivity index (χ1) is 7.08. The van der Waals surface area contributed by atoms with Crippen molar-refractivity contribution in [3.8, 4) is 0 Å². The Labute approximate surface area is 88.0 Å². The smallest absolute Gasteiger partial charge is 0.253 e. The van der Waals surface area contributed by atoms with Gasteiger partial charge in [-0.15, -0.1) is 0 Å². The van der Waals surface area contributed by atoms with Gasteiger partial charge in [0.05, 0.1) is 0 Å². The molecule has 4 nitrogen and oxygen atoms in total. The summed E-state index contributed by atoms with van der Waals surface area (Å²) in [4.78, 5) is 27.2. The number of hydrogen-bond donors (Lipinski definition) is 0. The molecule has 0 radical (unpaired) electrons. The zero-order chi connectivity index (χ0) is 11.0. The van der Waals surface area contributed by atoms with Gasteiger partial charge in [0.1, 0.15) is 11.6 Å². The van der Waals surface area contributed by atoms with Crippen LogP contribution in [0.1, 0.15) is 36.8 Å². The first kappa shape index (κ1) is 10.1. The van der Waals surface area contributed by atoms with E-state index in [4.69, 9.17) is 0 Å². The molecule has 1 saturated carbocycles. The lowest BCUT2D eigenvalue weighted by Gasteiger charge is -2.15. The molecule has 1 fully saturated rings. The van der Waals surface area contributed by atoms with E-state index < -0.39 is 0 Å². The van der Waals surface area contributed by atoms with Crippen LogP contribution in [0.4, 0.5) is 0 Å². The fourth-order valence-electron chi connectivity index (χ4n) is 2.21. The molecule has 1 aliphatic rings. The molecule has 0 amide bonds. The second kappa shape index (κ2) is 3.61. The summed E-state index contributed by atoms with van der Waals surface area (Å²) < 4.78 is 1.65. The summed E-state index contributed by atoms with van der Waals surface area (Å²) in [5.41, 5.74) is 0.692. The average molecular weight is 206 g/mol. The van der Waals surface area contributed by atoms with E-state index in [1.165, 1.54) is 6.07 Å². The Morgan fingerprint density at radius 2 is 2.13 bits per heavy atom. The molecule has 0 saturated heterocycles. The third-order valence-electron chi connectivity index (χ3n) is 2.84. The van der Waals surface area contributed by atoms with E-state index in [1.807, 2.05) is 6.92 Å². The molecule has 2 rings (SSSR count). The molecule has 1 aromatic heterocycles. The van der Waals surface area contributed by atoms with Crippen molar-refractivity contribution < 1.29 is 4.79 Å². The number of ketones is 1. The summed E-state index contributed by atoms with van der Waals surface area (Å²) in [6.07, 6.45) is 1.83. The molecule has 0 aliphatic heterocycles. The molecule has 0 N–H and O–H groups in total. The van der Waals surface area contributed by atoms with Crippen LogP contribution in [0.3, 0.4) is 0 Å². The number of rotatable bonds is 1. The second-order valence-electron chi connectivity index (χ2n) is 4.09. The Morgan fingerprint density at radius 3 is 2.67 bits per heavy atom. The van der Waals surface area contributed by atoms with Crippen molar-refractivity contribution in [3.63, 3.8) is 0 Å². The molecule has 1 unspecified atom stereocenters. The molecule has 1 heterocycles. The van der Waals surface area contributed by atoms with Crippen LogP contribution < -0.4 is 5.56 Å². The minimum atomic E-state index is -0.0419. The number of hydrogen-bond acceptors (Lipinski definition) is 3. The Kier molecular flexibility index (Phi) is 2.42. The van der Waals surface area contributed by atoms with Crippen molar-refractivity contribution in [2.24, 2.45) is 0 Å². The fraction of sp³-hybridized carbons (Fsp3) is 0.545. The Morgan fingerprint density at radius 1 is 1.40 bits per heavy atom. The standard InChI is InChI=1S/C11H14N2O2/c1-7-5-11(15)13(8(2)12-7)9-3-4-10(14)6-9/h5,9H,3-4,6H2,1-2H3. The highest BCUT2D eigenvalue weighted by Gasteiger charge is 2.25. The van der Waals surface area contributed by atoms with Crippen LogP contribution in [0, 0.1) is 13.8 Å². The van der Waals surface area contributed by atoms with Gasteiger partial charge in [-0.2, -0.15) is 0 Å². The number of carbonyl (C=O) groups excluding carboxylic acids is 1. The maximum Gasteiger partial charge on any atom is 0.253 e. The van der Waals surface area contributed by atoms with E-state index in [-0.39, 0.29) is 17.4 Å². The molecule has 1 aliphatic carbocycles. The number of aryl methyl sites for hydroxylation is 2. The molecule has 80 valence electrons. The van der Waals surface area contributed by atoms with Crippen LogP contribution >= 0.6 is 0 Å². The third-order valence-corrected chi connectivity index (χ3v) is 2.84. The molecule has 0 spiro atoms. The predicted molar refractivity (Wildman–Crippen MR) is 55.9 cm³/mol. The van der Waals surface area contributed by atoms with Crippen molar-refractivity contribution in [1.82, 2.24) is 9.55 Å². The molecular formula is C11H14N2O2. The highest BCUT2D eigenvalue weighted by Crippen LogP contribution is 2.26. The van der Waals surface area contributed by atoms with Crippen molar-refractivity contribution in [2.45, 2.75) is 39.2 Å². The van der Waals surface area contributed by atoms with Gasteiger partial charge in [-0.25, -0.2) is 4.98 Å². The Bertz CT molecular complexity index is 462. The minimum absolute atomic E-state index is 0.0260. The first-order valence-corrected chi connectivity index (χ1v) is 5.16. The number of Topliss-reactive ketones (excluding diaryl/α,β-unsaturated/α-hetero) is 1. The zero-order valence-electron chi connectivity index (χ0n) is 8.99. The summed E-state index contributed by atoms with van der Waals surface area (Å²) in [7, 11) is 0. The number of aromatic nitrogens is 2. The maximum atomic E-state index is 11.8. The number of nitrogens with zero attached hydrogens (tertiary/aromatic N) is 2. The topological polar surface area (TPSA) is 52.0 Å². The van der Waals surface area contributed by atoms with E-state index in [9.17, 15) is 9.59 Å². The quantitative estimate of drug-likeness (QED) is 0.692. The largest absolute Gasteiger partial charge is 0.300 e. The number of carbonyl (C=O) groups is 1. The van der Waals surface area contributed by atoms with Crippen LogP contribution in [0.2, 0.25) is 0 Å². The lowest BCUT2D eigenvalue weighted by molar-refractivity contribution is -0.117. The van der Waals surface area contributed by atoms with Gasteiger partial charge < -0.3 is 0 Å². The molecular weight excluding hydrogens is 192 g/mol. The summed E-state index contributed by atoms with van der Waals surface area (Å²) in [6, 6.07) is 1.55. The highest BCUT2D eigenvalue weighted by molar-refractivity contribution is 5.80. The van der Waals surface area contributed by atoms with E-state index in [0.29, 0.717) is 18.7 Å². The van der Waals surface area contributed by atoms with E-state index in [2.05, 4.69) is 4.98 Å². The van der Waals surface area contributed by atoms with Gasteiger partial charge >= 0.3 is 0 Å². The molecule has 0 aromatic carbocycles. The highest BCUT2D eigenvalue weighted by atomic mass is 16.1. The monoisotopic (exact) mass is 206 g/mol. The zero-order valence-corrected chi connectivity index (χ0v) is 8.99. The van der Waals surface area contributed by atoms with Gasteiger partial charge in [0.2, 0.25) is 0 Å². The Hall–Kier alpha value is -1.45. The van der Waals surface area contributed by atoms with Crippen LogP contribution in [0.15, 0.2) is 10.9 Å². The predicted octanol–water partition coefficient (Wildman–Crippen LogP) is 1.15. The summed E-state index contributed by atoms with van der Waals surface area (Å²) in [5, 5.41) is 0. The normalized spacial score (nSPS) is 20.9. The van der Waals surface area contributed by atoms with Crippen LogP contribution in [-0.2, 0) is 4.79 Å². The molecule has 15 heavy (non-hydrogen) atoms. The SMILES string of the molecule is Cc1cc(=O)n(C2CCC(=O)C2)c(C)n1. The van der Waals surface area contributed by atoms with Gasteiger partial charge in [-0.3, -0.25) is 14.2 Å². The summed E-state index contributed by atoms with van der Waals surface area (Å²) in [6.45, 7) is 3.62. The van der Waals surface area contributed by atoms with Crippen molar-refractivity contribution in [3.05, 3.63) is 27.9 Å². The third kappa shape index (κ3) is 1.84. The van der Waals surface area contributed by atoms with E-state index >= 15 is 0 Å².